The summed E-state index contributed by atoms with van der Waals surface area (Å²) in [5.74, 6) is 0.423. The van der Waals surface area contributed by atoms with Gasteiger partial charge in [-0.3, -0.25) is 4.79 Å². The van der Waals surface area contributed by atoms with E-state index in [4.69, 9.17) is 0 Å². The molecule has 5 heteroatoms. The van der Waals surface area contributed by atoms with Crippen molar-refractivity contribution in [1.29, 1.82) is 0 Å². The Labute approximate surface area is 171 Å². The van der Waals surface area contributed by atoms with Crippen LogP contribution in [0.25, 0.3) is 0 Å². The molecule has 152 valence electrons. The molecule has 1 atom stereocenters. The van der Waals surface area contributed by atoms with Gasteiger partial charge in [-0.2, -0.15) is 0 Å². The Morgan fingerprint density at radius 3 is 2.55 bits per heavy atom. The highest BCUT2D eigenvalue weighted by Gasteiger charge is 2.30. The van der Waals surface area contributed by atoms with E-state index in [0.29, 0.717) is 29.9 Å². The number of hydrogen-bond acceptors (Lipinski definition) is 3. The molecule has 4 nitrogen and oxygen atoms in total. The number of carbonyl (C=O) groups excluding carboxylic acids is 1. The zero-order chi connectivity index (χ0) is 20.1. The van der Waals surface area contributed by atoms with Crippen molar-refractivity contribution < 1.29 is 9.18 Å². The number of fused-ring (bicyclic) bond motifs is 1. The summed E-state index contributed by atoms with van der Waals surface area (Å²) in [6.07, 6.45) is 4.38. The third-order valence-electron chi connectivity index (χ3n) is 6.74. The Kier molecular flexibility index (Phi) is 4.58. The van der Waals surface area contributed by atoms with Crippen molar-refractivity contribution in [2.45, 2.75) is 37.6 Å². The monoisotopic (exact) mass is 393 g/mol. The Balaban J connectivity index is 1.36. The van der Waals surface area contributed by atoms with Crippen molar-refractivity contribution in [3.63, 3.8) is 0 Å². The van der Waals surface area contributed by atoms with Gasteiger partial charge in [0.05, 0.1) is 5.69 Å². The van der Waals surface area contributed by atoms with Gasteiger partial charge in [-0.15, -0.1) is 0 Å². The van der Waals surface area contributed by atoms with Crippen molar-refractivity contribution in [3.8, 4) is 0 Å². The van der Waals surface area contributed by atoms with Gasteiger partial charge in [-0.25, -0.2) is 4.39 Å². The Bertz CT molecular complexity index is 953. The van der Waals surface area contributed by atoms with Gasteiger partial charge >= 0.3 is 0 Å². The molecule has 1 aliphatic carbocycles. The second-order valence-corrected chi connectivity index (χ2v) is 8.89. The minimum atomic E-state index is -0.246. The molecule has 5 rings (SSSR count). The van der Waals surface area contributed by atoms with E-state index in [0.717, 1.165) is 37.1 Å². The number of rotatable bonds is 4. The van der Waals surface area contributed by atoms with E-state index in [2.05, 4.69) is 36.0 Å². The summed E-state index contributed by atoms with van der Waals surface area (Å²) in [7, 11) is 4.14. The standard InChI is InChI=1S/C24H28FN3O/c1-26(2)20-10-11-27(15-20)23-8-6-19(14-22(23)25)28-12-9-18-13-17(16-3-4-16)5-7-21(18)24(28)29/h5-8,13-14,16,20H,3-4,9-12,15H2,1-2H3/t20-/m1/s1. The SMILES string of the molecule is CN(C)[C@@H]1CCN(c2ccc(N3CCc4cc(C5CC5)ccc4C3=O)cc2F)C1. The molecule has 3 aliphatic rings. The second kappa shape index (κ2) is 7.13. The van der Waals surface area contributed by atoms with Crippen molar-refractivity contribution in [2.24, 2.45) is 0 Å². The number of amides is 1. The van der Waals surface area contributed by atoms with Gasteiger partial charge in [0.2, 0.25) is 0 Å². The molecule has 2 aliphatic heterocycles. The topological polar surface area (TPSA) is 26.8 Å². The molecule has 1 saturated carbocycles. The van der Waals surface area contributed by atoms with E-state index in [9.17, 15) is 9.18 Å². The lowest BCUT2D eigenvalue weighted by atomic mass is 9.95. The van der Waals surface area contributed by atoms with Crippen LogP contribution in [0.1, 0.15) is 46.7 Å². The maximum Gasteiger partial charge on any atom is 0.258 e. The van der Waals surface area contributed by atoms with Crippen molar-refractivity contribution >= 4 is 17.3 Å². The Hall–Kier alpha value is -2.40. The van der Waals surface area contributed by atoms with Gasteiger partial charge in [0.15, 0.2) is 0 Å². The molecular formula is C24H28FN3O. The van der Waals surface area contributed by atoms with E-state index < -0.39 is 0 Å². The highest BCUT2D eigenvalue weighted by atomic mass is 19.1. The molecule has 2 aromatic carbocycles. The van der Waals surface area contributed by atoms with Crippen LogP contribution in [0, 0.1) is 5.82 Å². The van der Waals surface area contributed by atoms with E-state index in [1.54, 1.807) is 4.90 Å². The molecule has 1 saturated heterocycles. The Morgan fingerprint density at radius 1 is 1.03 bits per heavy atom. The van der Waals surface area contributed by atoms with Gasteiger partial charge in [0.25, 0.3) is 5.91 Å². The number of anilines is 2. The van der Waals surface area contributed by atoms with Crippen LogP contribution in [0.5, 0.6) is 0 Å². The van der Waals surface area contributed by atoms with Crippen LogP contribution in [0.15, 0.2) is 36.4 Å². The molecule has 0 bridgehead atoms. The average Bonchev–Trinajstić information content (AvgIpc) is 3.44. The summed E-state index contributed by atoms with van der Waals surface area (Å²) >= 11 is 0. The minimum absolute atomic E-state index is 0.0189. The predicted molar refractivity (Wildman–Crippen MR) is 115 cm³/mol. The molecule has 1 amide bonds. The van der Waals surface area contributed by atoms with E-state index in [1.807, 2.05) is 18.2 Å². The number of halogens is 1. The lowest BCUT2D eigenvalue weighted by Gasteiger charge is -2.30. The lowest BCUT2D eigenvalue weighted by molar-refractivity contribution is 0.0980. The summed E-state index contributed by atoms with van der Waals surface area (Å²) in [6.45, 7) is 2.30. The van der Waals surface area contributed by atoms with E-state index in [-0.39, 0.29) is 11.7 Å². The fraction of sp³-hybridized carbons (Fsp3) is 0.458. The highest BCUT2D eigenvalue weighted by molar-refractivity contribution is 6.08. The predicted octanol–water partition coefficient (Wildman–Crippen LogP) is 4.05. The average molecular weight is 394 g/mol. The van der Waals surface area contributed by atoms with Gasteiger partial charge < -0.3 is 14.7 Å². The van der Waals surface area contributed by atoms with Gasteiger partial charge in [0, 0.05) is 36.9 Å². The Morgan fingerprint density at radius 2 is 1.86 bits per heavy atom. The first-order chi connectivity index (χ1) is 14.0. The molecule has 0 spiro atoms. The number of hydrogen-bond donors (Lipinski definition) is 0. The van der Waals surface area contributed by atoms with Crippen LogP contribution >= 0.6 is 0 Å². The third-order valence-corrected chi connectivity index (χ3v) is 6.74. The molecule has 29 heavy (non-hydrogen) atoms. The molecule has 0 unspecified atom stereocenters. The summed E-state index contributed by atoms with van der Waals surface area (Å²) in [5.41, 5.74) is 4.55. The molecule has 2 aromatic rings. The first kappa shape index (κ1) is 18.6. The highest BCUT2D eigenvalue weighted by Crippen LogP contribution is 2.41. The largest absolute Gasteiger partial charge is 0.368 e. The van der Waals surface area contributed by atoms with Crippen LogP contribution < -0.4 is 9.80 Å². The molecular weight excluding hydrogens is 365 g/mol. The summed E-state index contributed by atoms with van der Waals surface area (Å²) in [5, 5.41) is 0. The minimum Gasteiger partial charge on any atom is -0.368 e. The second-order valence-electron chi connectivity index (χ2n) is 8.89. The molecule has 0 N–H and O–H groups in total. The van der Waals surface area contributed by atoms with Crippen LogP contribution in [0.2, 0.25) is 0 Å². The number of benzene rings is 2. The maximum atomic E-state index is 15.0. The lowest BCUT2D eigenvalue weighted by Crippen LogP contribution is -2.37. The van der Waals surface area contributed by atoms with Gasteiger partial charge in [0.1, 0.15) is 5.82 Å². The van der Waals surface area contributed by atoms with E-state index >= 15 is 0 Å². The zero-order valence-electron chi connectivity index (χ0n) is 17.2. The normalized spacial score (nSPS) is 21.8. The number of carbonyl (C=O) groups is 1. The fourth-order valence-corrected chi connectivity index (χ4v) is 4.73. The molecule has 0 radical (unpaired) electrons. The van der Waals surface area contributed by atoms with Gasteiger partial charge in [-0.1, -0.05) is 12.1 Å². The van der Waals surface area contributed by atoms with Crippen LogP contribution in [-0.2, 0) is 6.42 Å². The van der Waals surface area contributed by atoms with Gasteiger partial charge in [-0.05, 0) is 81.1 Å². The molecule has 0 aromatic heterocycles. The van der Waals surface area contributed by atoms with Crippen molar-refractivity contribution in [1.82, 2.24) is 4.90 Å². The van der Waals surface area contributed by atoms with Crippen LogP contribution in [-0.4, -0.2) is 50.6 Å². The molecule has 2 heterocycles. The number of nitrogens with zero attached hydrogens (tertiary/aromatic N) is 3. The van der Waals surface area contributed by atoms with Crippen LogP contribution in [0.4, 0.5) is 15.8 Å². The van der Waals surface area contributed by atoms with Crippen LogP contribution in [0.3, 0.4) is 0 Å². The van der Waals surface area contributed by atoms with E-state index in [1.165, 1.54) is 24.5 Å². The third kappa shape index (κ3) is 3.42. The summed E-state index contributed by atoms with van der Waals surface area (Å²) in [4.78, 5) is 19.1. The quantitative estimate of drug-likeness (QED) is 0.784. The maximum absolute atomic E-state index is 15.0. The summed E-state index contributed by atoms with van der Waals surface area (Å²) in [6, 6.07) is 12.0. The fourth-order valence-electron chi connectivity index (χ4n) is 4.73. The summed E-state index contributed by atoms with van der Waals surface area (Å²) < 4.78 is 15.0. The molecule has 2 fully saturated rings. The van der Waals surface area contributed by atoms with Crippen molar-refractivity contribution in [2.75, 3.05) is 43.5 Å². The zero-order valence-corrected chi connectivity index (χ0v) is 17.2. The number of likely N-dealkylation sites (N-methyl/N-ethyl adjacent to an activating group) is 1. The van der Waals surface area contributed by atoms with Crippen molar-refractivity contribution in [3.05, 3.63) is 58.9 Å². The first-order valence-corrected chi connectivity index (χ1v) is 10.7. The first-order valence-electron chi connectivity index (χ1n) is 10.7. The smallest absolute Gasteiger partial charge is 0.258 e.